The first-order chi connectivity index (χ1) is 22.8. The van der Waals surface area contributed by atoms with Crippen molar-refractivity contribution in [1.29, 1.82) is 0 Å². The highest BCUT2D eigenvalue weighted by molar-refractivity contribution is 8.00. The van der Waals surface area contributed by atoms with E-state index in [0.29, 0.717) is 15.5 Å². The molecule has 18 heteroatoms. The summed E-state index contributed by atoms with van der Waals surface area (Å²) < 4.78 is 29.9. The number of thiazole rings is 1. The zero-order valence-electron chi connectivity index (χ0n) is 24.8. The molecule has 1 aromatic heterocycles. The van der Waals surface area contributed by atoms with E-state index in [2.05, 4.69) is 5.32 Å². The number of non-ortho nitro benzene ring substituents is 1. The van der Waals surface area contributed by atoms with Gasteiger partial charge >= 0.3 is 4.87 Å². The minimum Gasteiger partial charge on any atom is -0.504 e. The van der Waals surface area contributed by atoms with Gasteiger partial charge in [-0.05, 0) is 61.0 Å². The molecule has 3 heterocycles. The number of carbonyl (C=O) groups is 3. The fourth-order valence-electron chi connectivity index (χ4n) is 5.66. The first kappa shape index (κ1) is 32.9. The number of thioether (sulfide) groups is 1. The topological polar surface area (TPSA) is 221 Å². The fraction of sp³-hybridized carbons (Fsp3) is 0.200. The Balaban J connectivity index is 1.39. The molecule has 3 atom stereocenters. The molecule has 48 heavy (non-hydrogen) atoms. The Morgan fingerprint density at radius 1 is 1.06 bits per heavy atom. The Bertz CT molecular complexity index is 2150. The monoisotopic (exact) mass is 711 g/mol. The maximum atomic E-state index is 14.1. The van der Waals surface area contributed by atoms with Gasteiger partial charge in [0.15, 0.2) is 11.5 Å². The van der Waals surface area contributed by atoms with Gasteiger partial charge in [-0.3, -0.25) is 33.9 Å². The number of hydrogen-bond acceptors (Lipinski definition) is 12. The van der Waals surface area contributed by atoms with Gasteiger partial charge in [0.05, 0.1) is 33.1 Å². The Morgan fingerprint density at radius 2 is 1.75 bits per heavy atom. The van der Waals surface area contributed by atoms with Gasteiger partial charge in [-0.15, -0.1) is 0 Å². The number of amides is 3. The van der Waals surface area contributed by atoms with E-state index in [-0.39, 0.29) is 40.1 Å². The van der Waals surface area contributed by atoms with Crippen LogP contribution in [0.15, 0.2) is 81.4 Å². The Hall–Kier alpha value is -5.04. The molecule has 6 rings (SSSR count). The lowest BCUT2D eigenvalue weighted by Gasteiger charge is -2.31. The van der Waals surface area contributed by atoms with Gasteiger partial charge in [-0.2, -0.15) is 0 Å². The first-order valence-electron chi connectivity index (χ1n) is 14.2. The van der Waals surface area contributed by atoms with Crippen LogP contribution in [-0.4, -0.2) is 52.6 Å². The maximum absolute atomic E-state index is 14.1. The quantitative estimate of drug-likeness (QED) is 0.130. The van der Waals surface area contributed by atoms with Crippen LogP contribution in [0.1, 0.15) is 23.3 Å². The number of nitrogens with zero attached hydrogens (tertiary/aromatic N) is 3. The smallest absolute Gasteiger partial charge is 0.308 e. The average molecular weight is 712 g/mol. The van der Waals surface area contributed by atoms with Crippen LogP contribution in [0.3, 0.4) is 0 Å². The Labute approximate surface area is 280 Å². The van der Waals surface area contributed by atoms with Gasteiger partial charge < -0.3 is 15.2 Å². The maximum Gasteiger partial charge on any atom is 0.308 e. The van der Waals surface area contributed by atoms with Crippen molar-refractivity contribution in [3.63, 3.8) is 0 Å². The fourth-order valence-corrected chi connectivity index (χ4v) is 8.95. The van der Waals surface area contributed by atoms with Crippen LogP contribution in [-0.2, 0) is 31.0 Å². The Kier molecular flexibility index (Phi) is 8.58. The van der Waals surface area contributed by atoms with Crippen molar-refractivity contribution >= 4 is 67.9 Å². The molecule has 0 spiro atoms. The molecular formula is C30H25N5O10S3. The second-order valence-electron chi connectivity index (χ2n) is 10.7. The van der Waals surface area contributed by atoms with Crippen LogP contribution in [0.2, 0.25) is 0 Å². The van der Waals surface area contributed by atoms with Gasteiger partial charge in [-0.1, -0.05) is 29.2 Å². The molecule has 4 aromatic rings. The second-order valence-corrected chi connectivity index (χ2v) is 14.4. The number of aromatic nitrogens is 1. The molecule has 3 aromatic carbocycles. The zero-order valence-corrected chi connectivity index (χ0v) is 27.2. The molecule has 2 aliphatic heterocycles. The molecule has 248 valence electrons. The number of nitrogens with two attached hydrogens (primary N) is 1. The number of imide groups is 1. The summed E-state index contributed by atoms with van der Waals surface area (Å²) in [5, 5.41) is 28.6. The molecule has 2 aliphatic rings. The molecular weight excluding hydrogens is 687 g/mol. The molecule has 4 N–H and O–H groups in total. The molecule has 0 radical (unpaired) electrons. The average Bonchev–Trinajstić information content (AvgIpc) is 3.48. The SMILES string of the molecule is CCOc1cc([C@@H]2c3sc(=O)n(CC(=O)Nc4ccc(S(N)(=O)=O)cc4)c3S[C@@H]3C(=O)N(c4ccc([N+](=O)[O-])cc4)C(=O)[C@H]23)ccc1O. The number of rotatable bonds is 9. The highest BCUT2D eigenvalue weighted by Gasteiger charge is 2.57. The second kappa shape index (κ2) is 12.5. The van der Waals surface area contributed by atoms with Crippen molar-refractivity contribution in [2.24, 2.45) is 11.1 Å². The van der Waals surface area contributed by atoms with Crippen molar-refractivity contribution in [3.05, 3.63) is 97.0 Å². The summed E-state index contributed by atoms with van der Waals surface area (Å²) in [6.45, 7) is 1.49. The zero-order chi connectivity index (χ0) is 34.5. The minimum absolute atomic E-state index is 0.134. The van der Waals surface area contributed by atoms with Crippen LogP contribution < -0.4 is 25.0 Å². The predicted molar refractivity (Wildman–Crippen MR) is 175 cm³/mol. The van der Waals surface area contributed by atoms with Gasteiger partial charge in [-0.25, -0.2) is 18.5 Å². The number of fused-ring (bicyclic) bond motifs is 2. The molecule has 3 amide bonds. The number of phenolic OH excluding ortho intramolecular Hbond substituents is 1. The molecule has 1 saturated heterocycles. The number of aromatic hydroxyl groups is 1. The summed E-state index contributed by atoms with van der Waals surface area (Å²) in [5.41, 5.74) is 0.642. The summed E-state index contributed by atoms with van der Waals surface area (Å²) in [6, 6.07) is 14.6. The molecule has 15 nitrogen and oxygen atoms in total. The van der Waals surface area contributed by atoms with E-state index < -0.39 is 61.2 Å². The summed E-state index contributed by atoms with van der Waals surface area (Å²) in [6.07, 6.45) is 0. The predicted octanol–water partition coefficient (Wildman–Crippen LogP) is 3.00. The van der Waals surface area contributed by atoms with Crippen LogP contribution in [0.25, 0.3) is 0 Å². The number of anilines is 2. The number of nitro groups is 1. The highest BCUT2D eigenvalue weighted by Crippen LogP contribution is 2.54. The third-order valence-electron chi connectivity index (χ3n) is 7.78. The Morgan fingerprint density at radius 3 is 2.38 bits per heavy atom. The first-order valence-corrected chi connectivity index (χ1v) is 17.4. The van der Waals surface area contributed by atoms with Crippen LogP contribution >= 0.6 is 23.1 Å². The number of nitrogens with one attached hydrogen (secondary N) is 1. The number of primary sulfonamides is 1. The van der Waals surface area contributed by atoms with E-state index in [1.54, 1.807) is 19.1 Å². The van der Waals surface area contributed by atoms with Crippen molar-refractivity contribution in [3.8, 4) is 11.5 Å². The van der Waals surface area contributed by atoms with E-state index in [9.17, 15) is 42.8 Å². The van der Waals surface area contributed by atoms with Gasteiger partial charge in [0.1, 0.15) is 11.8 Å². The number of nitro benzene ring substituents is 1. The van der Waals surface area contributed by atoms with Crippen LogP contribution in [0.4, 0.5) is 17.1 Å². The standard InChI is InChI=1S/C30H25N5O10S3/c1-2-45-21-13-15(3-12-20(21)36)23-24-25(28(39)34(27(24)38)17-6-8-18(9-7-17)35(41)42)46-29-26(23)47-30(40)33(29)14-22(37)32-16-4-10-19(11-5-16)48(31,43)44/h3-13,23-25,36H,2,14H2,1H3,(H,32,37)(H2,31,43,44)/t23-,24+,25-/m0/s1. The lowest BCUT2D eigenvalue weighted by molar-refractivity contribution is -0.384. The molecule has 0 saturated carbocycles. The van der Waals surface area contributed by atoms with Crippen molar-refractivity contribution < 1.29 is 37.6 Å². The van der Waals surface area contributed by atoms with E-state index in [1.165, 1.54) is 59.2 Å². The van der Waals surface area contributed by atoms with E-state index in [0.717, 1.165) is 28.0 Å². The minimum atomic E-state index is -3.95. The largest absolute Gasteiger partial charge is 0.504 e. The number of benzene rings is 3. The number of sulfonamides is 1. The van der Waals surface area contributed by atoms with Crippen molar-refractivity contribution in [2.45, 2.75) is 34.6 Å². The number of hydrogen-bond donors (Lipinski definition) is 3. The van der Waals surface area contributed by atoms with Crippen molar-refractivity contribution in [1.82, 2.24) is 4.57 Å². The number of carbonyl (C=O) groups excluding carboxylic acids is 3. The molecule has 1 fully saturated rings. The summed E-state index contributed by atoms with van der Waals surface area (Å²) >= 11 is 1.79. The molecule has 0 unspecified atom stereocenters. The van der Waals surface area contributed by atoms with Crippen LogP contribution in [0, 0.1) is 16.0 Å². The highest BCUT2D eigenvalue weighted by atomic mass is 32.2. The van der Waals surface area contributed by atoms with Gasteiger partial charge in [0.2, 0.25) is 27.7 Å². The van der Waals surface area contributed by atoms with Gasteiger partial charge in [0.25, 0.3) is 5.69 Å². The normalized spacial score (nSPS) is 18.7. The number of ether oxygens (including phenoxy) is 1. The lowest BCUT2D eigenvalue weighted by Crippen LogP contribution is -2.33. The molecule has 0 bridgehead atoms. The molecule has 0 aliphatic carbocycles. The van der Waals surface area contributed by atoms with Gasteiger partial charge in [0, 0.05) is 28.6 Å². The van der Waals surface area contributed by atoms with Crippen molar-refractivity contribution in [2.75, 3.05) is 16.8 Å². The summed E-state index contributed by atoms with van der Waals surface area (Å²) in [4.78, 5) is 65.9. The summed E-state index contributed by atoms with van der Waals surface area (Å²) in [7, 11) is -3.95. The van der Waals surface area contributed by atoms with E-state index in [1.807, 2.05) is 0 Å². The van der Waals surface area contributed by atoms with E-state index >= 15 is 0 Å². The third kappa shape index (κ3) is 5.94. The van der Waals surface area contributed by atoms with E-state index in [4.69, 9.17) is 9.88 Å². The summed E-state index contributed by atoms with van der Waals surface area (Å²) in [5.74, 6) is -3.70. The lowest BCUT2D eigenvalue weighted by atomic mass is 9.83. The number of phenols is 1. The third-order valence-corrected chi connectivity index (χ3v) is 11.3. The van der Waals surface area contributed by atoms with Crippen LogP contribution in [0.5, 0.6) is 11.5 Å².